The van der Waals surface area contributed by atoms with Crippen molar-refractivity contribution in [1.29, 1.82) is 0 Å². The summed E-state index contributed by atoms with van der Waals surface area (Å²) in [5.41, 5.74) is -0.0784. The van der Waals surface area contributed by atoms with Gasteiger partial charge in [-0.05, 0) is 43.7 Å². The van der Waals surface area contributed by atoms with Crippen LogP contribution in [0.4, 0.5) is 0 Å². The predicted octanol–water partition coefficient (Wildman–Crippen LogP) is 0.823. The number of hydrogen-bond acceptors (Lipinski definition) is 5. The van der Waals surface area contributed by atoms with Crippen LogP contribution in [0.25, 0.3) is 11.0 Å². The van der Waals surface area contributed by atoms with E-state index in [1.165, 1.54) is 24.3 Å². The van der Waals surface area contributed by atoms with Gasteiger partial charge in [0.2, 0.25) is 10.0 Å². The van der Waals surface area contributed by atoms with Gasteiger partial charge in [-0.25, -0.2) is 17.9 Å². The zero-order valence-corrected chi connectivity index (χ0v) is 12.2. The monoisotopic (exact) mass is 308 g/mol. The first-order valence-electron chi connectivity index (χ1n) is 6.81. The third kappa shape index (κ3) is 3.15. The maximum atomic E-state index is 12.4. The quantitative estimate of drug-likeness (QED) is 0.820. The molecule has 2 heterocycles. The lowest BCUT2D eigenvalue weighted by atomic mass is 10.1. The van der Waals surface area contributed by atoms with Crippen LogP contribution in [0.3, 0.4) is 0 Å². The van der Waals surface area contributed by atoms with Gasteiger partial charge in [-0.3, -0.25) is 0 Å². The van der Waals surface area contributed by atoms with Crippen molar-refractivity contribution in [3.8, 4) is 0 Å². The Hall–Kier alpha value is -1.70. The highest BCUT2D eigenvalue weighted by atomic mass is 32.2. The van der Waals surface area contributed by atoms with Gasteiger partial charge in [-0.1, -0.05) is 0 Å². The molecule has 0 aliphatic carbocycles. The highest BCUT2D eigenvalue weighted by Crippen LogP contribution is 2.18. The third-order valence-corrected chi connectivity index (χ3v) is 5.04. The Morgan fingerprint density at radius 1 is 1.24 bits per heavy atom. The first-order chi connectivity index (χ1) is 10.0. The summed E-state index contributed by atoms with van der Waals surface area (Å²) in [7, 11) is -3.57. The lowest BCUT2D eigenvalue weighted by Crippen LogP contribution is -2.45. The van der Waals surface area contributed by atoms with Crippen LogP contribution in [-0.2, 0) is 10.0 Å². The summed E-state index contributed by atoms with van der Waals surface area (Å²) in [6, 6.07) is 7.21. The van der Waals surface area contributed by atoms with Crippen LogP contribution in [0, 0.1) is 0 Å². The normalized spacial score (nSPS) is 19.7. The van der Waals surface area contributed by atoms with E-state index in [-0.39, 0.29) is 10.9 Å². The number of benzene rings is 1. The maximum Gasteiger partial charge on any atom is 0.336 e. The van der Waals surface area contributed by atoms with Gasteiger partial charge < -0.3 is 9.73 Å². The van der Waals surface area contributed by atoms with E-state index >= 15 is 0 Å². The smallest absolute Gasteiger partial charge is 0.336 e. The second-order valence-electron chi connectivity index (χ2n) is 5.12. The lowest BCUT2D eigenvalue weighted by molar-refractivity contribution is 0.428. The number of sulfonamides is 1. The molecule has 2 N–H and O–H groups in total. The average Bonchev–Trinajstić information content (AvgIpc) is 2.47. The van der Waals surface area contributed by atoms with Crippen LogP contribution in [0.5, 0.6) is 0 Å². The molecule has 0 radical (unpaired) electrons. The van der Waals surface area contributed by atoms with E-state index in [1.54, 1.807) is 6.07 Å². The molecule has 0 spiro atoms. The van der Waals surface area contributed by atoms with Crippen molar-refractivity contribution < 1.29 is 12.8 Å². The molecule has 0 bridgehead atoms. The van der Waals surface area contributed by atoms with Gasteiger partial charge in [0, 0.05) is 24.0 Å². The molecule has 2 aromatic rings. The van der Waals surface area contributed by atoms with E-state index in [1.807, 2.05) is 0 Å². The van der Waals surface area contributed by atoms with Crippen molar-refractivity contribution in [3.05, 3.63) is 40.8 Å². The van der Waals surface area contributed by atoms with E-state index in [0.29, 0.717) is 17.5 Å². The minimum Gasteiger partial charge on any atom is -0.423 e. The Morgan fingerprint density at radius 2 is 2.10 bits per heavy atom. The van der Waals surface area contributed by atoms with Crippen molar-refractivity contribution in [2.45, 2.75) is 23.8 Å². The third-order valence-electron chi connectivity index (χ3n) is 3.52. The molecule has 1 aromatic carbocycles. The summed E-state index contributed by atoms with van der Waals surface area (Å²) in [4.78, 5) is 11.3. The number of fused-ring (bicyclic) bond motifs is 1. The van der Waals surface area contributed by atoms with E-state index in [2.05, 4.69) is 10.0 Å². The second kappa shape index (κ2) is 5.59. The summed E-state index contributed by atoms with van der Waals surface area (Å²) < 4.78 is 32.5. The highest BCUT2D eigenvalue weighted by Gasteiger charge is 2.21. The Labute approximate surface area is 122 Å². The number of hydrogen-bond donors (Lipinski definition) is 2. The summed E-state index contributed by atoms with van der Waals surface area (Å²) >= 11 is 0. The molecular formula is C14H16N2O4S. The minimum atomic E-state index is -3.57. The van der Waals surface area contributed by atoms with Crippen molar-refractivity contribution in [2.24, 2.45) is 0 Å². The van der Waals surface area contributed by atoms with Gasteiger partial charge in [0.25, 0.3) is 0 Å². The Bertz CT molecular complexity index is 807. The summed E-state index contributed by atoms with van der Waals surface area (Å²) in [6.07, 6.45) is 1.78. The molecule has 3 rings (SSSR count). The Kier molecular flexibility index (Phi) is 3.79. The van der Waals surface area contributed by atoms with Crippen molar-refractivity contribution in [2.75, 3.05) is 13.1 Å². The van der Waals surface area contributed by atoms with Gasteiger partial charge in [-0.2, -0.15) is 0 Å². The molecule has 1 fully saturated rings. The molecule has 7 heteroatoms. The van der Waals surface area contributed by atoms with Gasteiger partial charge in [0.15, 0.2) is 0 Å². The summed E-state index contributed by atoms with van der Waals surface area (Å²) in [5, 5.41) is 3.75. The fourth-order valence-electron chi connectivity index (χ4n) is 2.46. The zero-order chi connectivity index (χ0) is 14.9. The van der Waals surface area contributed by atoms with Crippen LogP contribution < -0.4 is 15.7 Å². The molecule has 1 aliphatic heterocycles. The van der Waals surface area contributed by atoms with E-state index in [9.17, 15) is 13.2 Å². The minimum absolute atomic E-state index is 0.0897. The standard InChI is InChI=1S/C14H16N2O4S/c17-14-6-3-10-8-12(4-5-13(10)20-14)21(18,19)16-11-2-1-7-15-9-11/h3-6,8,11,15-16H,1-2,7,9H2/t11-/m0/s1. The van der Waals surface area contributed by atoms with Gasteiger partial charge in [0.1, 0.15) is 5.58 Å². The van der Waals surface area contributed by atoms with Gasteiger partial charge >= 0.3 is 5.63 Å². The van der Waals surface area contributed by atoms with E-state index < -0.39 is 15.6 Å². The molecule has 0 saturated carbocycles. The summed E-state index contributed by atoms with van der Waals surface area (Å²) in [5.74, 6) is 0. The van der Waals surface area contributed by atoms with Gasteiger partial charge in [0.05, 0.1) is 4.90 Å². The van der Waals surface area contributed by atoms with Gasteiger partial charge in [-0.15, -0.1) is 0 Å². The molecule has 1 aliphatic rings. The molecule has 1 saturated heterocycles. The van der Waals surface area contributed by atoms with E-state index in [4.69, 9.17) is 4.42 Å². The SMILES string of the molecule is O=c1ccc2cc(S(=O)(=O)N[C@H]3CCCNC3)ccc2o1. The molecule has 1 atom stereocenters. The molecular weight excluding hydrogens is 292 g/mol. The Balaban J connectivity index is 1.90. The molecule has 0 unspecified atom stereocenters. The first-order valence-corrected chi connectivity index (χ1v) is 8.30. The first kappa shape index (κ1) is 14.2. The lowest BCUT2D eigenvalue weighted by Gasteiger charge is -2.23. The van der Waals surface area contributed by atoms with Crippen molar-refractivity contribution >= 4 is 21.0 Å². The van der Waals surface area contributed by atoms with Crippen LogP contribution in [0.15, 0.2) is 44.4 Å². The molecule has 21 heavy (non-hydrogen) atoms. The predicted molar refractivity (Wildman–Crippen MR) is 78.7 cm³/mol. The fourth-order valence-corrected chi connectivity index (χ4v) is 3.76. The summed E-state index contributed by atoms with van der Waals surface area (Å²) in [6.45, 7) is 1.56. The Morgan fingerprint density at radius 3 is 2.86 bits per heavy atom. The maximum absolute atomic E-state index is 12.4. The molecule has 112 valence electrons. The highest BCUT2D eigenvalue weighted by molar-refractivity contribution is 7.89. The second-order valence-corrected chi connectivity index (χ2v) is 6.83. The number of nitrogens with one attached hydrogen (secondary N) is 2. The van der Waals surface area contributed by atoms with E-state index in [0.717, 1.165) is 19.4 Å². The number of piperidine rings is 1. The van der Waals surface area contributed by atoms with Crippen LogP contribution >= 0.6 is 0 Å². The fraction of sp³-hybridized carbons (Fsp3) is 0.357. The zero-order valence-electron chi connectivity index (χ0n) is 11.3. The molecule has 1 aromatic heterocycles. The van der Waals surface area contributed by atoms with Crippen molar-refractivity contribution in [3.63, 3.8) is 0 Å². The topological polar surface area (TPSA) is 88.4 Å². The van der Waals surface area contributed by atoms with Crippen LogP contribution in [0.1, 0.15) is 12.8 Å². The van der Waals surface area contributed by atoms with Crippen LogP contribution in [-0.4, -0.2) is 27.5 Å². The van der Waals surface area contributed by atoms with Crippen LogP contribution in [0.2, 0.25) is 0 Å². The number of rotatable bonds is 3. The van der Waals surface area contributed by atoms with Crippen molar-refractivity contribution in [1.82, 2.24) is 10.0 Å². The average molecular weight is 308 g/mol. The largest absolute Gasteiger partial charge is 0.423 e. The molecule has 0 amide bonds. The molecule has 6 nitrogen and oxygen atoms in total.